The predicted molar refractivity (Wildman–Crippen MR) is 101 cm³/mol. The molecule has 1 amide bonds. The zero-order valence-electron chi connectivity index (χ0n) is 13.2. The molecule has 1 unspecified atom stereocenters. The van der Waals surface area contributed by atoms with Gasteiger partial charge in [-0.05, 0) is 84.0 Å². The number of rotatable bonds is 6. The summed E-state index contributed by atoms with van der Waals surface area (Å²) in [5.74, 6) is -0.874. The largest absolute Gasteiger partial charge is 0.457 e. The molecule has 3 rings (SSSR count). The molecule has 1 atom stereocenters. The van der Waals surface area contributed by atoms with Crippen molar-refractivity contribution < 1.29 is 14.3 Å². The smallest absolute Gasteiger partial charge is 0.249 e. The fourth-order valence-electron chi connectivity index (χ4n) is 2.31. The average molecular weight is 446 g/mol. The van der Waals surface area contributed by atoms with Gasteiger partial charge >= 0.3 is 0 Å². The monoisotopic (exact) mass is 446 g/mol. The number of nitrogens with zero attached hydrogens (tertiary/aromatic N) is 1. The fraction of sp³-hybridized carbons (Fsp3) is 0.211. The van der Waals surface area contributed by atoms with Crippen LogP contribution in [0, 0.1) is 26.7 Å². The molecule has 1 saturated carbocycles. The number of hydrogen-bond acceptors (Lipinski definition) is 4. The SMILES string of the molecule is N#CC(C(=O)Nc1ccc(Oc2ccc(I)cc2)cc1)C(=O)C1CC1. The predicted octanol–water partition coefficient (Wildman–Crippen LogP) is 4.14. The minimum absolute atomic E-state index is 0.125. The zero-order valence-corrected chi connectivity index (χ0v) is 15.4. The van der Waals surface area contributed by atoms with E-state index in [1.165, 1.54) is 0 Å². The fourth-order valence-corrected chi connectivity index (χ4v) is 2.67. The highest BCUT2D eigenvalue weighted by atomic mass is 127. The number of ketones is 1. The van der Waals surface area contributed by atoms with Crippen LogP contribution in [0.15, 0.2) is 48.5 Å². The molecule has 0 bridgehead atoms. The molecule has 0 radical (unpaired) electrons. The van der Waals surface area contributed by atoms with E-state index in [4.69, 9.17) is 10.00 Å². The molecule has 2 aromatic carbocycles. The number of hydrogen-bond donors (Lipinski definition) is 1. The third kappa shape index (κ3) is 4.57. The Kier molecular flexibility index (Phi) is 5.34. The van der Waals surface area contributed by atoms with Crippen LogP contribution in [0.3, 0.4) is 0 Å². The number of amides is 1. The van der Waals surface area contributed by atoms with E-state index in [0.29, 0.717) is 11.4 Å². The molecule has 0 spiro atoms. The second-order valence-electron chi connectivity index (χ2n) is 5.81. The van der Waals surface area contributed by atoms with E-state index in [0.717, 1.165) is 22.2 Å². The van der Waals surface area contributed by atoms with Crippen LogP contribution >= 0.6 is 22.6 Å². The Hall–Kier alpha value is -2.40. The number of halogens is 1. The van der Waals surface area contributed by atoms with Crippen molar-refractivity contribution in [1.82, 2.24) is 0 Å². The van der Waals surface area contributed by atoms with Crippen molar-refractivity contribution >= 4 is 40.0 Å². The highest BCUT2D eigenvalue weighted by molar-refractivity contribution is 14.1. The first-order valence-electron chi connectivity index (χ1n) is 7.84. The van der Waals surface area contributed by atoms with Crippen LogP contribution in [0.4, 0.5) is 5.69 Å². The number of nitrogens with one attached hydrogen (secondary N) is 1. The summed E-state index contributed by atoms with van der Waals surface area (Å²) >= 11 is 2.22. The number of Topliss-reactive ketones (excluding diaryl/α,β-unsaturated/α-hetero) is 1. The van der Waals surface area contributed by atoms with Crippen LogP contribution in [0.25, 0.3) is 0 Å². The molecule has 0 aliphatic heterocycles. The van der Waals surface area contributed by atoms with Gasteiger partial charge in [-0.3, -0.25) is 9.59 Å². The van der Waals surface area contributed by atoms with E-state index in [9.17, 15) is 9.59 Å². The Balaban J connectivity index is 1.61. The van der Waals surface area contributed by atoms with Crippen LogP contribution in [0.2, 0.25) is 0 Å². The third-order valence-corrected chi connectivity index (χ3v) is 4.55. The van der Waals surface area contributed by atoms with Gasteiger partial charge in [-0.15, -0.1) is 0 Å². The molecule has 2 aromatic rings. The Morgan fingerprint density at radius 1 is 1.08 bits per heavy atom. The number of carbonyl (C=O) groups excluding carboxylic acids is 2. The summed E-state index contributed by atoms with van der Waals surface area (Å²) in [4.78, 5) is 24.1. The summed E-state index contributed by atoms with van der Waals surface area (Å²) in [5, 5.41) is 11.7. The summed E-state index contributed by atoms with van der Waals surface area (Å²) < 4.78 is 6.84. The van der Waals surface area contributed by atoms with Crippen molar-refractivity contribution in [2.45, 2.75) is 12.8 Å². The molecular formula is C19H15IN2O3. The highest BCUT2D eigenvalue weighted by Gasteiger charge is 2.38. The maximum absolute atomic E-state index is 12.1. The van der Waals surface area contributed by atoms with Gasteiger partial charge in [0.1, 0.15) is 11.5 Å². The maximum Gasteiger partial charge on any atom is 0.249 e. The molecule has 126 valence electrons. The van der Waals surface area contributed by atoms with Crippen LogP contribution in [-0.2, 0) is 9.59 Å². The van der Waals surface area contributed by atoms with Gasteiger partial charge in [0.05, 0.1) is 6.07 Å². The molecule has 0 heterocycles. The van der Waals surface area contributed by atoms with Gasteiger partial charge in [0.25, 0.3) is 0 Å². The molecule has 1 fully saturated rings. The highest BCUT2D eigenvalue weighted by Crippen LogP contribution is 2.32. The van der Waals surface area contributed by atoms with E-state index in [-0.39, 0.29) is 11.7 Å². The number of carbonyl (C=O) groups is 2. The number of nitriles is 1. The third-order valence-electron chi connectivity index (χ3n) is 3.83. The van der Waals surface area contributed by atoms with Crippen molar-refractivity contribution in [3.05, 3.63) is 52.1 Å². The number of anilines is 1. The lowest BCUT2D eigenvalue weighted by atomic mass is 10.0. The van der Waals surface area contributed by atoms with E-state index >= 15 is 0 Å². The maximum atomic E-state index is 12.1. The molecule has 1 N–H and O–H groups in total. The molecule has 25 heavy (non-hydrogen) atoms. The van der Waals surface area contributed by atoms with Crippen molar-refractivity contribution in [1.29, 1.82) is 5.26 Å². The molecule has 0 aromatic heterocycles. The molecule has 1 aliphatic rings. The van der Waals surface area contributed by atoms with Gasteiger partial charge in [0.2, 0.25) is 5.91 Å². The standard InChI is InChI=1S/C19H15IN2O3/c20-13-3-7-15(8-4-13)25-16-9-5-14(6-10-16)22-19(24)17(11-21)18(23)12-1-2-12/h3-10,12,17H,1-2H2,(H,22,24). The Labute approximate surface area is 159 Å². The van der Waals surface area contributed by atoms with Gasteiger partial charge in [0, 0.05) is 15.2 Å². The zero-order chi connectivity index (χ0) is 17.8. The Morgan fingerprint density at radius 2 is 1.64 bits per heavy atom. The van der Waals surface area contributed by atoms with Crippen LogP contribution in [-0.4, -0.2) is 11.7 Å². The summed E-state index contributed by atoms with van der Waals surface area (Å²) in [6.45, 7) is 0. The van der Waals surface area contributed by atoms with Crippen LogP contribution in [0.5, 0.6) is 11.5 Å². The lowest BCUT2D eigenvalue weighted by molar-refractivity contribution is -0.129. The van der Waals surface area contributed by atoms with Gasteiger partial charge in [0.15, 0.2) is 11.7 Å². The quantitative estimate of drug-likeness (QED) is 0.535. The second-order valence-corrected chi connectivity index (χ2v) is 7.05. The van der Waals surface area contributed by atoms with Gasteiger partial charge in [-0.2, -0.15) is 5.26 Å². The normalized spacial score (nSPS) is 14.2. The molecule has 6 heteroatoms. The second kappa shape index (κ2) is 7.66. The first-order chi connectivity index (χ1) is 12.1. The topological polar surface area (TPSA) is 79.2 Å². The number of ether oxygens (including phenoxy) is 1. The molecular weight excluding hydrogens is 431 g/mol. The van der Waals surface area contributed by atoms with Crippen LogP contribution < -0.4 is 10.1 Å². The minimum atomic E-state index is -1.24. The minimum Gasteiger partial charge on any atom is -0.457 e. The van der Waals surface area contributed by atoms with Crippen molar-refractivity contribution in [3.8, 4) is 17.6 Å². The van der Waals surface area contributed by atoms with E-state index in [2.05, 4.69) is 27.9 Å². The van der Waals surface area contributed by atoms with Crippen LogP contribution in [0.1, 0.15) is 12.8 Å². The van der Waals surface area contributed by atoms with Crippen molar-refractivity contribution in [2.24, 2.45) is 11.8 Å². The van der Waals surface area contributed by atoms with E-state index in [1.807, 2.05) is 24.3 Å². The summed E-state index contributed by atoms with van der Waals surface area (Å²) in [6, 6.07) is 16.2. The summed E-state index contributed by atoms with van der Waals surface area (Å²) in [6.07, 6.45) is 1.55. The molecule has 5 nitrogen and oxygen atoms in total. The summed E-state index contributed by atoms with van der Waals surface area (Å²) in [7, 11) is 0. The van der Waals surface area contributed by atoms with Gasteiger partial charge in [-0.25, -0.2) is 0 Å². The van der Waals surface area contributed by atoms with E-state index < -0.39 is 11.8 Å². The lowest BCUT2D eigenvalue weighted by Crippen LogP contribution is -2.29. The number of benzene rings is 2. The van der Waals surface area contributed by atoms with E-state index in [1.54, 1.807) is 30.3 Å². The first-order valence-corrected chi connectivity index (χ1v) is 8.92. The average Bonchev–Trinajstić information content (AvgIpc) is 3.44. The Bertz CT molecular complexity index is 821. The Morgan fingerprint density at radius 3 is 2.16 bits per heavy atom. The molecule has 1 aliphatic carbocycles. The van der Waals surface area contributed by atoms with Gasteiger partial charge < -0.3 is 10.1 Å². The molecule has 0 saturated heterocycles. The lowest BCUT2D eigenvalue weighted by Gasteiger charge is -2.10. The first kappa shape index (κ1) is 17.4. The van der Waals surface area contributed by atoms with Crippen molar-refractivity contribution in [2.75, 3.05) is 5.32 Å². The van der Waals surface area contributed by atoms with Gasteiger partial charge in [-0.1, -0.05) is 0 Å². The van der Waals surface area contributed by atoms with Crippen molar-refractivity contribution in [3.63, 3.8) is 0 Å². The summed E-state index contributed by atoms with van der Waals surface area (Å²) in [5.41, 5.74) is 0.517.